The number of aliphatic hydroxyl groups excluding tert-OH is 1. The molecule has 0 saturated carbocycles. The Bertz CT molecular complexity index is 294. The molecule has 0 saturated heterocycles. The Morgan fingerprint density at radius 2 is 1.71 bits per heavy atom. The van der Waals surface area contributed by atoms with Gasteiger partial charge in [0.1, 0.15) is 0 Å². The van der Waals surface area contributed by atoms with Crippen LogP contribution in [-0.4, -0.2) is 12.1 Å². The van der Waals surface area contributed by atoms with Crippen molar-refractivity contribution in [3.8, 4) is 0 Å². The van der Waals surface area contributed by atoms with Crippen LogP contribution < -0.4 is 5.46 Å². The lowest BCUT2D eigenvalue weighted by atomic mass is 9.79. The molecule has 0 bridgehead atoms. The first-order chi connectivity index (χ1) is 6.45. The topological polar surface area (TPSA) is 20.2 Å². The van der Waals surface area contributed by atoms with Crippen LogP contribution in [0.2, 0.25) is 0 Å². The van der Waals surface area contributed by atoms with Gasteiger partial charge in [0.25, 0.3) is 0 Å². The van der Waals surface area contributed by atoms with Gasteiger partial charge in [0.2, 0.25) is 0 Å². The minimum absolute atomic E-state index is 0.497. The van der Waals surface area contributed by atoms with Gasteiger partial charge in [0, 0.05) is 0 Å². The zero-order valence-corrected chi connectivity index (χ0v) is 7.75. The second kappa shape index (κ2) is 4.04. The molecule has 0 fully saturated rings. The van der Waals surface area contributed by atoms with Crippen LogP contribution in [0.25, 0.3) is 0 Å². The molecule has 1 unspecified atom stereocenters. The summed E-state index contributed by atoms with van der Waals surface area (Å²) >= 11 is 0. The Kier molecular flexibility index (Phi) is 3.21. The Balaban J connectivity index is 2.89. The number of aliphatic hydroxyl groups is 1. The van der Waals surface area contributed by atoms with Gasteiger partial charge in [-0.2, -0.15) is 0 Å². The zero-order valence-electron chi connectivity index (χ0n) is 7.75. The predicted molar refractivity (Wildman–Crippen MR) is 50.4 cm³/mol. The van der Waals surface area contributed by atoms with Gasteiger partial charge in [-0.1, -0.05) is 31.2 Å². The largest absolute Gasteiger partial charge is 0.509 e. The van der Waals surface area contributed by atoms with Gasteiger partial charge in [0.15, 0.2) is 0 Å². The molecule has 1 nitrogen and oxygen atoms in total. The summed E-state index contributed by atoms with van der Waals surface area (Å²) < 4.78 is 36.6. The molecule has 0 spiro atoms. The lowest BCUT2D eigenvalue weighted by Gasteiger charge is -2.16. The van der Waals surface area contributed by atoms with Crippen molar-refractivity contribution in [2.24, 2.45) is 0 Å². The van der Waals surface area contributed by atoms with Crippen molar-refractivity contribution in [3.05, 3.63) is 29.8 Å². The normalized spacial score (nSPS) is 14.1. The number of halogens is 3. The van der Waals surface area contributed by atoms with Crippen molar-refractivity contribution in [2.75, 3.05) is 0 Å². The molecule has 0 amide bonds. The highest BCUT2D eigenvalue weighted by Gasteiger charge is 2.25. The van der Waals surface area contributed by atoms with Crippen LogP contribution >= 0.6 is 0 Å². The molecular weight excluding hydrogens is 192 g/mol. The van der Waals surface area contributed by atoms with E-state index in [-0.39, 0.29) is 0 Å². The Labute approximate surface area is 80.6 Å². The fourth-order valence-electron chi connectivity index (χ4n) is 1.17. The second-order valence-corrected chi connectivity index (χ2v) is 3.17. The Morgan fingerprint density at radius 3 is 2.07 bits per heavy atom. The van der Waals surface area contributed by atoms with Gasteiger partial charge >= 0.3 is 6.98 Å². The predicted octanol–water partition coefficient (Wildman–Crippen LogP) is 2.18. The van der Waals surface area contributed by atoms with E-state index in [9.17, 15) is 18.1 Å². The van der Waals surface area contributed by atoms with Crippen LogP contribution in [-0.2, 0) is 0 Å². The van der Waals surface area contributed by atoms with Gasteiger partial charge in [0.05, 0.1) is 6.10 Å². The Hall–Kier alpha value is -0.965. The summed E-state index contributed by atoms with van der Waals surface area (Å²) in [6, 6.07) is 4.65. The second-order valence-electron chi connectivity index (χ2n) is 3.17. The Morgan fingerprint density at radius 1 is 1.21 bits per heavy atom. The summed E-state index contributed by atoms with van der Waals surface area (Å²) in [5.41, 5.74) is -0.103. The highest BCUT2D eigenvalue weighted by atomic mass is 19.4. The van der Waals surface area contributed by atoms with E-state index in [1.165, 1.54) is 12.1 Å². The lowest BCUT2D eigenvalue weighted by molar-refractivity contribution is 0.173. The maximum absolute atomic E-state index is 12.2. The smallest absolute Gasteiger partial charge is 0.445 e. The minimum Gasteiger partial charge on any atom is -0.445 e. The molecular formula is C9H11BF3O-. The molecule has 0 aliphatic heterocycles. The maximum Gasteiger partial charge on any atom is 0.509 e. The maximum atomic E-state index is 12.2. The number of hydrogen-bond donors (Lipinski definition) is 1. The van der Waals surface area contributed by atoms with E-state index in [1.807, 2.05) is 0 Å². The molecule has 0 aromatic heterocycles. The van der Waals surface area contributed by atoms with Crippen molar-refractivity contribution in [2.45, 2.75) is 19.4 Å². The summed E-state index contributed by atoms with van der Waals surface area (Å²) in [5.74, 6) is 0. The van der Waals surface area contributed by atoms with Crippen LogP contribution in [0.5, 0.6) is 0 Å². The van der Waals surface area contributed by atoms with E-state index >= 15 is 0 Å². The molecule has 1 aromatic rings. The molecule has 0 radical (unpaired) electrons. The van der Waals surface area contributed by atoms with Gasteiger partial charge in [-0.3, -0.25) is 0 Å². The zero-order chi connectivity index (χ0) is 10.8. The van der Waals surface area contributed by atoms with Gasteiger partial charge in [-0.05, 0) is 12.0 Å². The van der Waals surface area contributed by atoms with Gasteiger partial charge < -0.3 is 18.1 Å². The fourth-order valence-corrected chi connectivity index (χ4v) is 1.17. The summed E-state index contributed by atoms with van der Waals surface area (Å²) in [7, 11) is 0. The highest BCUT2D eigenvalue weighted by Crippen LogP contribution is 2.16. The van der Waals surface area contributed by atoms with E-state index in [2.05, 4.69) is 0 Å². The summed E-state index contributed by atoms with van der Waals surface area (Å²) in [6.07, 6.45) is -0.180. The number of benzene rings is 1. The first-order valence-corrected chi connectivity index (χ1v) is 4.43. The molecule has 0 heterocycles. The van der Waals surface area contributed by atoms with Crippen molar-refractivity contribution in [1.29, 1.82) is 0 Å². The lowest BCUT2D eigenvalue weighted by Crippen LogP contribution is -2.33. The molecule has 0 aliphatic carbocycles. The molecule has 0 aliphatic rings. The summed E-state index contributed by atoms with van der Waals surface area (Å²) in [4.78, 5) is 0. The van der Waals surface area contributed by atoms with Gasteiger partial charge in [-0.25, -0.2) is 0 Å². The standard InChI is InChI=1S/C9H11BF3O/c1-2-9(14)7-3-5-8(6-4-7)10(11,12)13/h3-6,9,14H,2H2,1H3/q-1. The first-order valence-electron chi connectivity index (χ1n) is 4.43. The molecule has 1 aromatic carbocycles. The third-order valence-electron chi connectivity index (χ3n) is 2.09. The highest BCUT2D eigenvalue weighted by molar-refractivity contribution is 6.73. The van der Waals surface area contributed by atoms with Crippen LogP contribution in [0.15, 0.2) is 24.3 Å². The first kappa shape index (κ1) is 11.1. The van der Waals surface area contributed by atoms with Crippen molar-refractivity contribution >= 4 is 12.4 Å². The number of rotatable bonds is 3. The van der Waals surface area contributed by atoms with Crippen molar-refractivity contribution < 1.29 is 18.1 Å². The van der Waals surface area contributed by atoms with E-state index in [4.69, 9.17) is 0 Å². The van der Waals surface area contributed by atoms with Crippen molar-refractivity contribution in [1.82, 2.24) is 0 Å². The van der Waals surface area contributed by atoms with E-state index in [1.54, 1.807) is 6.92 Å². The molecule has 14 heavy (non-hydrogen) atoms. The quantitative estimate of drug-likeness (QED) is 0.746. The summed E-state index contributed by atoms with van der Waals surface area (Å²) in [6.45, 7) is -3.16. The average molecular weight is 203 g/mol. The van der Waals surface area contributed by atoms with E-state index in [0.29, 0.717) is 12.0 Å². The van der Waals surface area contributed by atoms with Crippen LogP contribution in [0.1, 0.15) is 25.0 Å². The van der Waals surface area contributed by atoms with Gasteiger partial charge in [-0.15, -0.1) is 5.46 Å². The monoisotopic (exact) mass is 203 g/mol. The average Bonchev–Trinajstić information content (AvgIpc) is 2.15. The minimum atomic E-state index is -4.93. The van der Waals surface area contributed by atoms with E-state index in [0.717, 1.165) is 12.1 Å². The van der Waals surface area contributed by atoms with Crippen LogP contribution in [0, 0.1) is 0 Å². The van der Waals surface area contributed by atoms with Crippen LogP contribution in [0.4, 0.5) is 12.9 Å². The third-order valence-corrected chi connectivity index (χ3v) is 2.09. The molecule has 1 N–H and O–H groups in total. The van der Waals surface area contributed by atoms with Crippen LogP contribution in [0.3, 0.4) is 0 Å². The number of hydrogen-bond acceptors (Lipinski definition) is 1. The fraction of sp³-hybridized carbons (Fsp3) is 0.333. The summed E-state index contributed by atoms with van der Waals surface area (Å²) in [5, 5.41) is 9.35. The molecule has 1 rings (SSSR count). The SMILES string of the molecule is CCC(O)c1ccc([B-](F)(F)F)cc1. The molecule has 5 heteroatoms. The van der Waals surface area contributed by atoms with E-state index < -0.39 is 18.5 Å². The molecule has 1 atom stereocenters. The van der Waals surface area contributed by atoms with Crippen molar-refractivity contribution in [3.63, 3.8) is 0 Å². The third kappa shape index (κ3) is 2.51. The molecule has 78 valence electrons.